The van der Waals surface area contributed by atoms with E-state index in [0.717, 1.165) is 30.2 Å². The van der Waals surface area contributed by atoms with E-state index in [4.69, 9.17) is 17.3 Å². The maximum atomic E-state index is 6.32. The Kier molecular flexibility index (Phi) is 4.51. The highest BCUT2D eigenvalue weighted by atomic mass is 35.5. The fourth-order valence-electron chi connectivity index (χ4n) is 2.76. The van der Waals surface area contributed by atoms with Crippen LogP contribution in [0.1, 0.15) is 25.5 Å². The van der Waals surface area contributed by atoms with E-state index in [0.29, 0.717) is 6.54 Å². The molecule has 0 amide bonds. The van der Waals surface area contributed by atoms with E-state index in [-0.39, 0.29) is 11.6 Å². The average molecular weight is 282 g/mol. The van der Waals surface area contributed by atoms with Crippen molar-refractivity contribution in [1.29, 1.82) is 0 Å². The van der Waals surface area contributed by atoms with Gasteiger partial charge in [-0.05, 0) is 32.5 Å². The molecule has 0 spiro atoms. The molecular formula is C15H24ClN3. The van der Waals surface area contributed by atoms with Crippen LogP contribution < -0.4 is 5.73 Å². The first kappa shape index (κ1) is 14.8. The predicted molar refractivity (Wildman–Crippen MR) is 81.5 cm³/mol. The molecule has 0 saturated carbocycles. The number of hydrogen-bond donors (Lipinski definition) is 1. The lowest BCUT2D eigenvalue weighted by atomic mass is 9.96. The lowest BCUT2D eigenvalue weighted by molar-refractivity contribution is 0.0180. The van der Waals surface area contributed by atoms with Crippen molar-refractivity contribution in [2.75, 3.05) is 33.2 Å². The molecule has 19 heavy (non-hydrogen) atoms. The Morgan fingerprint density at radius 2 is 2.00 bits per heavy atom. The van der Waals surface area contributed by atoms with Gasteiger partial charge in [-0.3, -0.25) is 9.80 Å². The van der Waals surface area contributed by atoms with Crippen molar-refractivity contribution in [2.45, 2.75) is 25.4 Å². The molecule has 1 fully saturated rings. The van der Waals surface area contributed by atoms with Crippen molar-refractivity contribution in [3.8, 4) is 0 Å². The summed E-state index contributed by atoms with van der Waals surface area (Å²) < 4.78 is 0. The third kappa shape index (κ3) is 3.11. The van der Waals surface area contributed by atoms with Gasteiger partial charge in [0.15, 0.2) is 0 Å². The summed E-state index contributed by atoms with van der Waals surface area (Å²) in [5.41, 5.74) is 7.33. The quantitative estimate of drug-likeness (QED) is 0.923. The van der Waals surface area contributed by atoms with E-state index in [2.05, 4.69) is 36.8 Å². The molecule has 1 aromatic rings. The van der Waals surface area contributed by atoms with Crippen LogP contribution in [0, 0.1) is 0 Å². The van der Waals surface area contributed by atoms with Gasteiger partial charge in [0.2, 0.25) is 0 Å². The topological polar surface area (TPSA) is 32.5 Å². The zero-order valence-corrected chi connectivity index (χ0v) is 12.8. The van der Waals surface area contributed by atoms with Crippen LogP contribution in [-0.2, 0) is 0 Å². The third-order valence-corrected chi connectivity index (χ3v) is 4.62. The Balaban J connectivity index is 2.22. The number of hydrogen-bond acceptors (Lipinski definition) is 3. The molecule has 1 aliphatic heterocycles. The summed E-state index contributed by atoms with van der Waals surface area (Å²) in [5.74, 6) is 0. The standard InChI is InChI=1S/C15H24ClN3/c1-15(2)11-19(9-8-18(15)3)14(10-17)12-6-4-5-7-13(12)16/h4-7,14H,8-11,17H2,1-3H3. The van der Waals surface area contributed by atoms with E-state index >= 15 is 0 Å². The van der Waals surface area contributed by atoms with Gasteiger partial charge < -0.3 is 5.73 Å². The summed E-state index contributed by atoms with van der Waals surface area (Å²) in [4.78, 5) is 4.87. The number of piperazine rings is 1. The minimum Gasteiger partial charge on any atom is -0.329 e. The second-order valence-electron chi connectivity index (χ2n) is 5.98. The van der Waals surface area contributed by atoms with Gasteiger partial charge >= 0.3 is 0 Å². The van der Waals surface area contributed by atoms with Gasteiger partial charge in [-0.15, -0.1) is 0 Å². The maximum Gasteiger partial charge on any atom is 0.0486 e. The van der Waals surface area contributed by atoms with Gasteiger partial charge in [0, 0.05) is 42.8 Å². The largest absolute Gasteiger partial charge is 0.329 e. The minimum absolute atomic E-state index is 0.174. The summed E-state index contributed by atoms with van der Waals surface area (Å²) >= 11 is 6.32. The fraction of sp³-hybridized carbons (Fsp3) is 0.600. The third-order valence-electron chi connectivity index (χ3n) is 4.27. The first-order valence-electron chi connectivity index (χ1n) is 6.85. The summed E-state index contributed by atoms with van der Waals surface area (Å²) in [6.07, 6.45) is 0. The Labute approximate surface area is 121 Å². The molecule has 1 atom stereocenters. The van der Waals surface area contributed by atoms with Crippen LogP contribution in [0.25, 0.3) is 0 Å². The molecule has 1 unspecified atom stereocenters. The molecule has 0 aromatic heterocycles. The highest BCUT2D eigenvalue weighted by molar-refractivity contribution is 6.31. The molecule has 1 saturated heterocycles. The normalized spacial score (nSPS) is 22.4. The van der Waals surface area contributed by atoms with Crippen LogP contribution in [-0.4, -0.2) is 48.6 Å². The SMILES string of the molecule is CN1CCN(C(CN)c2ccccc2Cl)CC1(C)C. The monoisotopic (exact) mass is 281 g/mol. The molecule has 4 heteroatoms. The van der Waals surface area contributed by atoms with E-state index in [9.17, 15) is 0 Å². The Morgan fingerprint density at radius 1 is 1.32 bits per heavy atom. The first-order chi connectivity index (χ1) is 8.95. The lowest BCUT2D eigenvalue weighted by Crippen LogP contribution is -2.58. The zero-order valence-electron chi connectivity index (χ0n) is 12.1. The molecule has 0 bridgehead atoms. The molecule has 3 nitrogen and oxygen atoms in total. The van der Waals surface area contributed by atoms with Crippen LogP contribution in [0.2, 0.25) is 5.02 Å². The summed E-state index contributed by atoms with van der Waals surface area (Å²) in [7, 11) is 2.18. The van der Waals surface area contributed by atoms with Crippen molar-refractivity contribution in [1.82, 2.24) is 9.80 Å². The fourth-order valence-corrected chi connectivity index (χ4v) is 3.02. The number of nitrogens with two attached hydrogens (primary N) is 1. The number of benzene rings is 1. The highest BCUT2D eigenvalue weighted by Gasteiger charge is 2.34. The lowest BCUT2D eigenvalue weighted by Gasteiger charge is -2.48. The minimum atomic E-state index is 0.174. The van der Waals surface area contributed by atoms with Crippen LogP contribution in [0.4, 0.5) is 0 Å². The van der Waals surface area contributed by atoms with E-state index in [1.54, 1.807) is 0 Å². The van der Waals surface area contributed by atoms with Crippen LogP contribution in [0.3, 0.4) is 0 Å². The Morgan fingerprint density at radius 3 is 2.58 bits per heavy atom. The second kappa shape index (κ2) is 5.80. The van der Waals surface area contributed by atoms with Crippen LogP contribution in [0.15, 0.2) is 24.3 Å². The van der Waals surface area contributed by atoms with Gasteiger partial charge in [0.25, 0.3) is 0 Å². The van der Waals surface area contributed by atoms with Crippen LogP contribution in [0.5, 0.6) is 0 Å². The average Bonchev–Trinajstić information content (AvgIpc) is 2.36. The summed E-state index contributed by atoms with van der Waals surface area (Å²) in [6.45, 7) is 8.26. The van der Waals surface area contributed by atoms with Gasteiger partial charge in [-0.2, -0.15) is 0 Å². The van der Waals surface area contributed by atoms with Gasteiger partial charge in [-0.25, -0.2) is 0 Å². The van der Waals surface area contributed by atoms with E-state index in [1.165, 1.54) is 0 Å². The van der Waals surface area contributed by atoms with Crippen molar-refractivity contribution >= 4 is 11.6 Å². The van der Waals surface area contributed by atoms with Crippen molar-refractivity contribution < 1.29 is 0 Å². The van der Waals surface area contributed by atoms with Gasteiger partial charge in [0.1, 0.15) is 0 Å². The zero-order chi connectivity index (χ0) is 14.0. The van der Waals surface area contributed by atoms with Crippen molar-refractivity contribution in [3.63, 3.8) is 0 Å². The number of halogens is 1. The molecule has 1 aromatic carbocycles. The van der Waals surface area contributed by atoms with Crippen molar-refractivity contribution in [2.24, 2.45) is 5.73 Å². The summed E-state index contributed by atoms with van der Waals surface area (Å²) in [6, 6.07) is 8.24. The molecule has 1 heterocycles. The van der Waals surface area contributed by atoms with Gasteiger partial charge in [-0.1, -0.05) is 29.8 Å². The summed E-state index contributed by atoms with van der Waals surface area (Å²) in [5, 5.41) is 0.815. The molecule has 1 aliphatic rings. The molecule has 0 radical (unpaired) electrons. The smallest absolute Gasteiger partial charge is 0.0486 e. The van der Waals surface area contributed by atoms with E-state index in [1.807, 2.05) is 18.2 Å². The molecule has 0 aliphatic carbocycles. The number of likely N-dealkylation sites (N-methyl/N-ethyl adjacent to an activating group) is 1. The second-order valence-corrected chi connectivity index (χ2v) is 6.38. The van der Waals surface area contributed by atoms with Crippen molar-refractivity contribution in [3.05, 3.63) is 34.9 Å². The number of nitrogens with zero attached hydrogens (tertiary/aromatic N) is 2. The van der Waals surface area contributed by atoms with E-state index < -0.39 is 0 Å². The van der Waals surface area contributed by atoms with Crippen LogP contribution >= 0.6 is 11.6 Å². The molecular weight excluding hydrogens is 258 g/mol. The number of rotatable bonds is 3. The maximum absolute atomic E-state index is 6.32. The molecule has 2 N–H and O–H groups in total. The highest BCUT2D eigenvalue weighted by Crippen LogP contribution is 2.30. The molecule has 2 rings (SSSR count). The van der Waals surface area contributed by atoms with Gasteiger partial charge in [0.05, 0.1) is 0 Å². The predicted octanol–water partition coefficient (Wildman–Crippen LogP) is 2.37. The Hall–Kier alpha value is -0.610. The first-order valence-corrected chi connectivity index (χ1v) is 7.23. The molecule has 106 valence electrons. The Bertz CT molecular complexity index is 433.